The Labute approximate surface area is 508 Å². The smallest absolute Gasteiger partial charge is 0.252 e. The van der Waals surface area contributed by atoms with E-state index < -0.39 is 0 Å². The predicted octanol–water partition coefficient (Wildman–Crippen LogP) is 20.7. The molecule has 2 aliphatic heterocycles. The van der Waals surface area contributed by atoms with E-state index in [4.69, 9.17) is 4.42 Å². The van der Waals surface area contributed by atoms with Crippen LogP contribution in [0.15, 0.2) is 241 Å². The van der Waals surface area contributed by atoms with E-state index in [0.29, 0.717) is 0 Å². The molecule has 3 aliphatic rings. The zero-order valence-electron chi connectivity index (χ0n) is 51.3. The quantitative estimate of drug-likeness (QED) is 0.148. The first-order valence-corrected chi connectivity index (χ1v) is 30.7. The average Bonchev–Trinajstić information content (AvgIpc) is 0.832. The van der Waals surface area contributed by atoms with Gasteiger partial charge in [-0.2, -0.15) is 0 Å². The molecule has 420 valence electrons. The third kappa shape index (κ3) is 8.56. The number of benzene rings is 11. The molecule has 0 bridgehead atoms. The minimum absolute atomic E-state index is 0.00366. The zero-order chi connectivity index (χ0) is 59.2. The Hall–Kier alpha value is -9.32. The zero-order valence-corrected chi connectivity index (χ0v) is 51.3. The average molecular weight is 1110 g/mol. The summed E-state index contributed by atoms with van der Waals surface area (Å²) in [4.78, 5) is 7.56. The molecule has 0 unspecified atom stereocenters. The number of furan rings is 1. The molecular weight excluding hydrogens is 1040 g/mol. The molecule has 0 atom stereocenters. The fourth-order valence-corrected chi connectivity index (χ4v) is 14.2. The molecule has 0 amide bonds. The maximum Gasteiger partial charge on any atom is 0.252 e. The van der Waals surface area contributed by atoms with Gasteiger partial charge >= 0.3 is 0 Å². The van der Waals surface area contributed by atoms with Gasteiger partial charge in [-0.15, -0.1) is 0 Å². The number of rotatable bonds is 7. The highest BCUT2D eigenvalue weighted by atomic mass is 16.3. The van der Waals surface area contributed by atoms with Crippen molar-refractivity contribution < 1.29 is 4.42 Å². The minimum Gasteiger partial charge on any atom is -0.454 e. The Morgan fingerprint density at radius 1 is 0.372 bits per heavy atom. The van der Waals surface area contributed by atoms with Gasteiger partial charge < -0.3 is 19.1 Å². The topological polar surface area (TPSA) is 22.9 Å². The van der Waals surface area contributed by atoms with Crippen LogP contribution in [-0.4, -0.2) is 6.71 Å². The van der Waals surface area contributed by atoms with Gasteiger partial charge in [-0.25, -0.2) is 0 Å². The minimum atomic E-state index is -0.219. The summed E-state index contributed by atoms with van der Waals surface area (Å²) in [6.07, 6.45) is 0. The van der Waals surface area contributed by atoms with E-state index in [1.165, 1.54) is 89.0 Å². The van der Waals surface area contributed by atoms with Gasteiger partial charge in [-0.1, -0.05) is 228 Å². The number of hydrogen-bond donors (Lipinski definition) is 0. The lowest BCUT2D eigenvalue weighted by Gasteiger charge is -2.45. The second-order valence-electron chi connectivity index (χ2n) is 27.8. The molecule has 12 aromatic rings. The third-order valence-corrected chi connectivity index (χ3v) is 18.9. The summed E-state index contributed by atoms with van der Waals surface area (Å²) < 4.78 is 7.10. The predicted molar refractivity (Wildman–Crippen MR) is 367 cm³/mol. The van der Waals surface area contributed by atoms with Crippen molar-refractivity contribution >= 4 is 96.2 Å². The first-order chi connectivity index (χ1) is 41.3. The summed E-state index contributed by atoms with van der Waals surface area (Å²) in [6.45, 7) is 25.4. The normalized spacial score (nSPS) is 14.0. The van der Waals surface area contributed by atoms with Gasteiger partial charge in [-0.3, -0.25) is 0 Å². The monoisotopic (exact) mass is 1110 g/mol. The summed E-state index contributed by atoms with van der Waals surface area (Å²) in [5.74, 6) is 0. The molecule has 1 aromatic heterocycles. The van der Waals surface area contributed by atoms with Crippen molar-refractivity contribution in [1.82, 2.24) is 0 Å². The lowest BCUT2D eigenvalue weighted by Crippen LogP contribution is -2.61. The van der Waals surface area contributed by atoms with E-state index in [9.17, 15) is 0 Å². The van der Waals surface area contributed by atoms with Gasteiger partial charge in [0.2, 0.25) is 0 Å². The van der Waals surface area contributed by atoms with Gasteiger partial charge in [0.15, 0.2) is 5.58 Å². The molecule has 86 heavy (non-hydrogen) atoms. The lowest BCUT2D eigenvalue weighted by molar-refractivity contribution is 0.590. The molecule has 5 heteroatoms. The van der Waals surface area contributed by atoms with E-state index in [2.05, 4.69) is 327 Å². The summed E-state index contributed by atoms with van der Waals surface area (Å²) in [5, 5.41) is 2.20. The van der Waals surface area contributed by atoms with Crippen molar-refractivity contribution in [2.45, 2.75) is 97.8 Å². The van der Waals surface area contributed by atoms with Crippen LogP contribution in [0.25, 0.3) is 55.3 Å². The van der Waals surface area contributed by atoms with E-state index in [1.54, 1.807) is 0 Å². The van der Waals surface area contributed by atoms with Crippen molar-refractivity contribution in [2.24, 2.45) is 0 Å². The Morgan fingerprint density at radius 2 is 0.930 bits per heavy atom. The van der Waals surface area contributed by atoms with Gasteiger partial charge in [0.25, 0.3) is 6.71 Å². The van der Waals surface area contributed by atoms with Crippen molar-refractivity contribution in [2.75, 3.05) is 14.7 Å². The van der Waals surface area contributed by atoms with Crippen LogP contribution in [-0.2, 0) is 21.7 Å². The Bertz CT molecular complexity index is 4610. The molecule has 0 fully saturated rings. The second kappa shape index (κ2) is 19.4. The number of para-hydroxylation sites is 2. The Balaban J connectivity index is 0.980. The summed E-state index contributed by atoms with van der Waals surface area (Å²) in [7, 11) is 0. The Morgan fingerprint density at radius 3 is 1.62 bits per heavy atom. The molecule has 15 rings (SSSR count). The third-order valence-electron chi connectivity index (χ3n) is 18.9. The molecule has 0 radical (unpaired) electrons. The largest absolute Gasteiger partial charge is 0.454 e. The van der Waals surface area contributed by atoms with Crippen molar-refractivity contribution in [3.63, 3.8) is 0 Å². The molecule has 0 saturated carbocycles. The van der Waals surface area contributed by atoms with Crippen molar-refractivity contribution in [1.29, 1.82) is 0 Å². The van der Waals surface area contributed by atoms with Crippen molar-refractivity contribution in [3.8, 4) is 33.4 Å². The number of anilines is 9. The van der Waals surface area contributed by atoms with Crippen LogP contribution in [0.2, 0.25) is 0 Å². The molecule has 0 spiro atoms. The first kappa shape index (κ1) is 53.4. The number of fused-ring (bicyclic) bond motifs is 10. The van der Waals surface area contributed by atoms with Gasteiger partial charge in [0.05, 0.1) is 5.69 Å². The highest BCUT2D eigenvalue weighted by molar-refractivity contribution is 7.00. The molecule has 11 aromatic carbocycles. The SMILES string of the molecule is CC(C)(C)c1ccc(N(c2ccc(C(C)(C)C)cc2)c2ccc3c(c2)N(c2cccc4c2oc2ccccc24)c2cc(C(C)(C)C)cc4c2B3c2cc(-c3ccccc3)ccc2N4c2ccc(-c3ccc4c(c3)C(C)(C)c3ccccc3-4)cc2)cc1. The molecule has 3 heterocycles. The van der Waals surface area contributed by atoms with Crippen LogP contribution in [0.3, 0.4) is 0 Å². The standard InChI is InChI=1S/C81H72BN3O/c1-78(2,3)55-32-38-58(39-33-55)83(59-40-34-56(35-41-59)79(4,5)6)61-42-44-68-72(50-61)85(71-26-19-24-65-64-23-16-18-27-75(64)86-77(65)71)74-49-57(80(7,8)9)48-73-76(74)82(68)69-47-54(51-20-13-12-14-21-51)31-45-70(69)84(73)60-36-28-52(29-37-60)53-30-43-63-62-22-15-17-25-66(62)81(10,11)67(63)46-53/h12-50H,1-11H3. The van der Waals surface area contributed by atoms with Gasteiger partial charge in [0.1, 0.15) is 5.58 Å². The summed E-state index contributed by atoms with van der Waals surface area (Å²) in [6, 6.07) is 89.3. The van der Waals surface area contributed by atoms with Gasteiger partial charge in [-0.05, 0) is 179 Å². The van der Waals surface area contributed by atoms with Crippen LogP contribution in [0.1, 0.15) is 104 Å². The van der Waals surface area contributed by atoms with E-state index >= 15 is 0 Å². The first-order valence-electron chi connectivity index (χ1n) is 30.7. The van der Waals surface area contributed by atoms with E-state index in [1.807, 2.05) is 0 Å². The van der Waals surface area contributed by atoms with E-state index in [-0.39, 0.29) is 28.4 Å². The lowest BCUT2D eigenvalue weighted by atomic mass is 9.33. The molecular formula is C81H72BN3O. The van der Waals surface area contributed by atoms with E-state index in [0.717, 1.165) is 61.8 Å². The highest BCUT2D eigenvalue weighted by Gasteiger charge is 2.45. The number of hydrogen-bond acceptors (Lipinski definition) is 4. The Kier molecular flexibility index (Phi) is 12.0. The van der Waals surface area contributed by atoms with Crippen molar-refractivity contribution in [3.05, 3.63) is 264 Å². The van der Waals surface area contributed by atoms with Gasteiger partial charge in [0, 0.05) is 61.7 Å². The van der Waals surface area contributed by atoms with Crippen LogP contribution in [0.4, 0.5) is 51.2 Å². The second-order valence-corrected chi connectivity index (χ2v) is 27.8. The fraction of sp³-hybridized carbons (Fsp3) is 0.185. The number of nitrogens with zero attached hydrogens (tertiary/aromatic N) is 3. The highest BCUT2D eigenvalue weighted by Crippen LogP contribution is 2.52. The maximum absolute atomic E-state index is 7.10. The molecule has 1 aliphatic carbocycles. The summed E-state index contributed by atoms with van der Waals surface area (Å²) >= 11 is 0. The maximum atomic E-state index is 7.10. The van der Waals surface area contributed by atoms with Crippen LogP contribution in [0.5, 0.6) is 0 Å². The fourth-order valence-electron chi connectivity index (χ4n) is 14.2. The van der Waals surface area contributed by atoms with Crippen LogP contribution >= 0.6 is 0 Å². The summed E-state index contributed by atoms with van der Waals surface area (Å²) in [5.41, 5.74) is 29.3. The molecule has 0 saturated heterocycles. The molecule has 0 N–H and O–H groups in total. The molecule has 4 nitrogen and oxygen atoms in total. The van der Waals surface area contributed by atoms with Crippen LogP contribution < -0.4 is 31.1 Å². The van der Waals surface area contributed by atoms with Crippen LogP contribution in [0, 0.1) is 0 Å².